The zero-order chi connectivity index (χ0) is 25.5. The summed E-state index contributed by atoms with van der Waals surface area (Å²) < 4.78 is 5.36. The second-order valence-corrected chi connectivity index (χ2v) is 8.81. The van der Waals surface area contributed by atoms with Gasteiger partial charge in [-0.3, -0.25) is 14.5 Å². The summed E-state index contributed by atoms with van der Waals surface area (Å²) in [7, 11) is 1.63. The molecule has 0 fully saturated rings. The standard InChI is InChI=1S/C28H29ClN4O3/c1-36-24-11-12-26-25(17-24)20(18-31-26)14-16-32(27(34)13-15-30)19-28(35)33(22-5-3-2-4-6-22)23-9-7-21(29)8-10-23/h2-12,17-18,31H,13-16,19,30H2,1H3. The van der Waals surface area contributed by atoms with E-state index in [-0.39, 0.29) is 31.3 Å². The predicted octanol–water partition coefficient (Wildman–Crippen LogP) is 4.91. The summed E-state index contributed by atoms with van der Waals surface area (Å²) in [4.78, 5) is 33.1. The molecular formula is C28H29ClN4O3. The van der Waals surface area contributed by atoms with Gasteiger partial charge in [-0.25, -0.2) is 0 Å². The number of fused-ring (bicyclic) bond motifs is 1. The van der Waals surface area contributed by atoms with Crippen LogP contribution in [0.1, 0.15) is 12.0 Å². The van der Waals surface area contributed by atoms with Gasteiger partial charge in [0.2, 0.25) is 5.91 Å². The van der Waals surface area contributed by atoms with Gasteiger partial charge in [-0.05, 0) is 66.6 Å². The van der Waals surface area contributed by atoms with Crippen LogP contribution in [0, 0.1) is 0 Å². The molecule has 0 aliphatic heterocycles. The van der Waals surface area contributed by atoms with Gasteiger partial charge < -0.3 is 20.4 Å². The lowest BCUT2D eigenvalue weighted by molar-refractivity contribution is -0.134. The third kappa shape index (κ3) is 5.87. The van der Waals surface area contributed by atoms with Gasteiger partial charge in [0.1, 0.15) is 12.3 Å². The molecule has 0 spiro atoms. The molecule has 7 nitrogen and oxygen atoms in total. The molecule has 36 heavy (non-hydrogen) atoms. The molecule has 0 saturated heterocycles. The van der Waals surface area contributed by atoms with E-state index in [9.17, 15) is 9.59 Å². The molecule has 3 aromatic carbocycles. The van der Waals surface area contributed by atoms with Gasteiger partial charge in [-0.15, -0.1) is 0 Å². The smallest absolute Gasteiger partial charge is 0.251 e. The molecule has 4 rings (SSSR count). The number of halogens is 1. The van der Waals surface area contributed by atoms with Crippen LogP contribution in [0.3, 0.4) is 0 Å². The van der Waals surface area contributed by atoms with Crippen molar-refractivity contribution < 1.29 is 14.3 Å². The molecule has 0 aliphatic carbocycles. The fourth-order valence-electron chi connectivity index (χ4n) is 4.16. The van der Waals surface area contributed by atoms with Crippen LogP contribution in [0.2, 0.25) is 5.02 Å². The number of benzene rings is 3. The van der Waals surface area contributed by atoms with Gasteiger partial charge in [0, 0.05) is 53.0 Å². The molecule has 0 saturated carbocycles. The summed E-state index contributed by atoms with van der Waals surface area (Å²) in [6, 6.07) is 22.2. The zero-order valence-corrected chi connectivity index (χ0v) is 20.9. The van der Waals surface area contributed by atoms with Crippen LogP contribution in [0.4, 0.5) is 11.4 Å². The van der Waals surface area contributed by atoms with E-state index in [1.165, 1.54) is 0 Å². The normalized spacial score (nSPS) is 10.9. The molecule has 1 heterocycles. The van der Waals surface area contributed by atoms with Crippen LogP contribution in [-0.4, -0.2) is 48.4 Å². The minimum absolute atomic E-state index is 0.0813. The van der Waals surface area contributed by atoms with E-state index in [0.29, 0.717) is 29.4 Å². The number of hydrogen-bond acceptors (Lipinski definition) is 4. The Hall–Kier alpha value is -3.81. The highest BCUT2D eigenvalue weighted by Gasteiger charge is 2.23. The van der Waals surface area contributed by atoms with Crippen molar-refractivity contribution in [1.29, 1.82) is 0 Å². The molecule has 8 heteroatoms. The van der Waals surface area contributed by atoms with E-state index in [0.717, 1.165) is 22.2 Å². The monoisotopic (exact) mass is 504 g/mol. The molecule has 0 radical (unpaired) electrons. The number of ether oxygens (including phenoxy) is 1. The van der Waals surface area contributed by atoms with Crippen LogP contribution in [-0.2, 0) is 16.0 Å². The number of anilines is 2. The Kier molecular flexibility index (Phi) is 8.25. The Bertz CT molecular complexity index is 1320. The van der Waals surface area contributed by atoms with Gasteiger partial charge in [-0.1, -0.05) is 29.8 Å². The zero-order valence-electron chi connectivity index (χ0n) is 20.1. The molecule has 0 aliphatic rings. The van der Waals surface area contributed by atoms with Crippen molar-refractivity contribution in [3.63, 3.8) is 0 Å². The first-order chi connectivity index (χ1) is 17.5. The van der Waals surface area contributed by atoms with Gasteiger partial charge in [-0.2, -0.15) is 0 Å². The molecule has 4 aromatic rings. The van der Waals surface area contributed by atoms with Crippen molar-refractivity contribution in [2.75, 3.05) is 31.6 Å². The highest BCUT2D eigenvalue weighted by atomic mass is 35.5. The number of para-hydroxylation sites is 1. The number of nitrogens with one attached hydrogen (secondary N) is 1. The number of rotatable bonds is 10. The van der Waals surface area contributed by atoms with E-state index < -0.39 is 0 Å². The average Bonchev–Trinajstić information content (AvgIpc) is 3.30. The molecule has 2 amide bonds. The topological polar surface area (TPSA) is 91.7 Å². The van der Waals surface area contributed by atoms with Gasteiger partial charge in [0.15, 0.2) is 0 Å². The van der Waals surface area contributed by atoms with Crippen LogP contribution in [0.25, 0.3) is 10.9 Å². The summed E-state index contributed by atoms with van der Waals surface area (Å²) in [5.41, 5.74) is 9.08. The Labute approximate surface area is 215 Å². The predicted molar refractivity (Wildman–Crippen MR) is 144 cm³/mol. The van der Waals surface area contributed by atoms with Crippen LogP contribution < -0.4 is 15.4 Å². The van der Waals surface area contributed by atoms with E-state index in [1.54, 1.807) is 41.2 Å². The quantitative estimate of drug-likeness (QED) is 0.321. The van der Waals surface area contributed by atoms with Crippen LogP contribution in [0.5, 0.6) is 5.75 Å². The van der Waals surface area contributed by atoms with Crippen LogP contribution >= 0.6 is 11.6 Å². The third-order valence-electron chi connectivity index (χ3n) is 6.01. The summed E-state index contributed by atoms with van der Waals surface area (Å²) in [6.07, 6.45) is 2.67. The van der Waals surface area contributed by atoms with Crippen molar-refractivity contribution in [3.05, 3.63) is 89.6 Å². The Morgan fingerprint density at radius 3 is 2.39 bits per heavy atom. The third-order valence-corrected chi connectivity index (χ3v) is 6.26. The molecule has 0 atom stereocenters. The second-order valence-electron chi connectivity index (χ2n) is 8.37. The van der Waals surface area contributed by atoms with Crippen molar-refractivity contribution in [2.24, 2.45) is 5.73 Å². The average molecular weight is 505 g/mol. The first-order valence-electron chi connectivity index (χ1n) is 11.8. The van der Waals surface area contributed by atoms with Crippen molar-refractivity contribution in [2.45, 2.75) is 12.8 Å². The molecule has 186 valence electrons. The minimum atomic E-state index is -0.227. The summed E-state index contributed by atoms with van der Waals surface area (Å²) in [5, 5.41) is 1.60. The lowest BCUT2D eigenvalue weighted by Crippen LogP contribution is -2.42. The number of H-pyrrole nitrogens is 1. The maximum Gasteiger partial charge on any atom is 0.251 e. The number of aromatic nitrogens is 1. The fourth-order valence-corrected chi connectivity index (χ4v) is 4.28. The lowest BCUT2D eigenvalue weighted by atomic mass is 10.1. The van der Waals surface area contributed by atoms with Crippen molar-refractivity contribution in [1.82, 2.24) is 9.88 Å². The highest BCUT2D eigenvalue weighted by Crippen LogP contribution is 2.28. The number of carbonyl (C=O) groups excluding carboxylic acids is 2. The molecule has 1 aromatic heterocycles. The number of amides is 2. The number of aromatic amines is 1. The number of nitrogens with zero attached hydrogens (tertiary/aromatic N) is 2. The Balaban J connectivity index is 1.58. The van der Waals surface area contributed by atoms with E-state index >= 15 is 0 Å². The van der Waals surface area contributed by atoms with E-state index in [2.05, 4.69) is 4.98 Å². The maximum absolute atomic E-state index is 13.7. The minimum Gasteiger partial charge on any atom is -0.497 e. The second kappa shape index (κ2) is 11.7. The summed E-state index contributed by atoms with van der Waals surface area (Å²) >= 11 is 6.07. The SMILES string of the molecule is COc1ccc2[nH]cc(CCN(CC(=O)N(c3ccccc3)c3ccc(Cl)cc3)C(=O)CCN)c2c1. The van der Waals surface area contributed by atoms with Crippen LogP contribution in [0.15, 0.2) is 79.0 Å². The summed E-state index contributed by atoms with van der Waals surface area (Å²) in [5.74, 6) is 0.373. The first kappa shape index (κ1) is 25.3. The van der Waals surface area contributed by atoms with E-state index in [1.807, 2.05) is 54.7 Å². The largest absolute Gasteiger partial charge is 0.497 e. The number of methoxy groups -OCH3 is 1. The number of nitrogens with two attached hydrogens (primary N) is 1. The van der Waals surface area contributed by atoms with Gasteiger partial charge in [0.25, 0.3) is 5.91 Å². The molecule has 0 unspecified atom stereocenters. The highest BCUT2D eigenvalue weighted by molar-refractivity contribution is 6.30. The van der Waals surface area contributed by atoms with Crippen molar-refractivity contribution in [3.8, 4) is 5.75 Å². The van der Waals surface area contributed by atoms with Crippen molar-refractivity contribution >= 4 is 45.7 Å². The fraction of sp³-hybridized carbons (Fsp3) is 0.214. The number of carbonyl (C=O) groups is 2. The molecule has 0 bridgehead atoms. The van der Waals surface area contributed by atoms with Gasteiger partial charge >= 0.3 is 0 Å². The summed E-state index contributed by atoms with van der Waals surface area (Å²) in [6.45, 7) is 0.507. The maximum atomic E-state index is 13.7. The van der Waals surface area contributed by atoms with E-state index in [4.69, 9.17) is 22.1 Å². The molecule has 3 N–H and O–H groups in total. The molecular weight excluding hydrogens is 476 g/mol. The Morgan fingerprint density at radius 1 is 0.972 bits per heavy atom. The lowest BCUT2D eigenvalue weighted by Gasteiger charge is -2.28. The Morgan fingerprint density at radius 2 is 1.69 bits per heavy atom. The number of hydrogen-bond donors (Lipinski definition) is 2. The first-order valence-corrected chi connectivity index (χ1v) is 12.1. The van der Waals surface area contributed by atoms with Gasteiger partial charge in [0.05, 0.1) is 7.11 Å².